The van der Waals surface area contributed by atoms with Crippen molar-refractivity contribution >= 4 is 19.5 Å². The van der Waals surface area contributed by atoms with Gasteiger partial charge in [-0.15, -0.1) is 0 Å². The largest absolute Gasteiger partial charge is 0.400 e. The third kappa shape index (κ3) is 4.54. The Hall–Kier alpha value is -0.466. The molecule has 0 aromatic heterocycles. The van der Waals surface area contributed by atoms with Crippen molar-refractivity contribution in [2.75, 3.05) is 6.61 Å². The van der Waals surface area contributed by atoms with E-state index in [0.29, 0.717) is 6.42 Å². The quantitative estimate of drug-likeness (QED) is 0.577. The second-order valence-corrected chi connectivity index (χ2v) is 6.96. The highest BCUT2D eigenvalue weighted by molar-refractivity contribution is 6.26. The highest BCUT2D eigenvalue weighted by Crippen LogP contribution is 2.30. The molecule has 0 aliphatic carbocycles. The molecule has 108 valence electrons. The zero-order valence-corrected chi connectivity index (χ0v) is 15.3. The lowest BCUT2D eigenvalue weighted by atomic mass is 9.83. The van der Waals surface area contributed by atoms with Crippen LogP contribution < -0.4 is 0 Å². The first-order chi connectivity index (χ1) is 9.06. The van der Waals surface area contributed by atoms with Crippen LogP contribution in [0.25, 0.3) is 0 Å². The fourth-order valence-corrected chi connectivity index (χ4v) is 3.98. The van der Waals surface area contributed by atoms with Gasteiger partial charge >= 0.3 is 0 Å². The van der Waals surface area contributed by atoms with E-state index in [2.05, 4.69) is 45.1 Å². The first-order valence-electron chi connectivity index (χ1n) is 6.99. The van der Waals surface area contributed by atoms with E-state index >= 15 is 0 Å². The van der Waals surface area contributed by atoms with Crippen LogP contribution in [0.3, 0.4) is 0 Å². The number of hydrogen-bond acceptors (Lipinski definition) is 3. The topological polar surface area (TPSA) is 38.7 Å². The standard InChI is InChI=1S/C14H26O3Si2/c1-14(2,13(16-18-3)17-19-4)12-7-5-6-11(10-12)8-9-15/h5-7,10,13,15H,8-9,18-19H2,1-4H3. The lowest BCUT2D eigenvalue weighted by Crippen LogP contribution is -2.39. The SMILES string of the molecule is C[SiH2]OC(O[SiH2]C)C(C)(C)c1cccc(CCO)c1. The third-order valence-corrected chi connectivity index (χ3v) is 4.57. The van der Waals surface area contributed by atoms with Crippen molar-refractivity contribution < 1.29 is 14.0 Å². The van der Waals surface area contributed by atoms with Crippen molar-refractivity contribution in [2.24, 2.45) is 0 Å². The Morgan fingerprint density at radius 3 is 2.37 bits per heavy atom. The van der Waals surface area contributed by atoms with Gasteiger partial charge in [0, 0.05) is 12.0 Å². The van der Waals surface area contributed by atoms with Crippen LogP contribution in [0.1, 0.15) is 25.0 Å². The molecule has 0 heterocycles. The summed E-state index contributed by atoms with van der Waals surface area (Å²) in [7, 11) is -1.00. The predicted molar refractivity (Wildman–Crippen MR) is 85.0 cm³/mol. The maximum atomic E-state index is 9.05. The molecule has 1 aromatic rings. The second kappa shape index (κ2) is 7.96. The minimum absolute atomic E-state index is 0.134. The highest BCUT2D eigenvalue weighted by Gasteiger charge is 2.32. The van der Waals surface area contributed by atoms with Gasteiger partial charge in [0.25, 0.3) is 0 Å². The van der Waals surface area contributed by atoms with Gasteiger partial charge in [-0.2, -0.15) is 0 Å². The molecule has 0 unspecified atom stereocenters. The fraction of sp³-hybridized carbons (Fsp3) is 0.571. The monoisotopic (exact) mass is 298 g/mol. The summed E-state index contributed by atoms with van der Waals surface area (Å²) in [6.07, 6.45) is 0.562. The van der Waals surface area contributed by atoms with E-state index in [1.807, 2.05) is 6.07 Å². The summed E-state index contributed by atoms with van der Waals surface area (Å²) in [5.41, 5.74) is 2.22. The summed E-state index contributed by atoms with van der Waals surface area (Å²) < 4.78 is 11.8. The molecule has 0 radical (unpaired) electrons. The smallest absolute Gasteiger partial charge is 0.161 e. The molecule has 0 bridgehead atoms. The average molecular weight is 299 g/mol. The van der Waals surface area contributed by atoms with Crippen molar-refractivity contribution in [1.82, 2.24) is 0 Å². The molecule has 0 amide bonds. The minimum atomic E-state index is -0.501. The Kier molecular flexibility index (Phi) is 6.95. The van der Waals surface area contributed by atoms with Crippen LogP contribution in [0.2, 0.25) is 13.1 Å². The number of aliphatic hydroxyl groups excluding tert-OH is 1. The lowest BCUT2D eigenvalue weighted by molar-refractivity contribution is -0.0433. The molecule has 1 rings (SSSR count). The van der Waals surface area contributed by atoms with Gasteiger partial charge in [0.2, 0.25) is 0 Å². The molecule has 0 spiro atoms. The summed E-state index contributed by atoms with van der Waals surface area (Å²) in [6.45, 7) is 8.79. The summed E-state index contributed by atoms with van der Waals surface area (Å²) in [6, 6.07) is 8.38. The molecule has 0 saturated carbocycles. The Morgan fingerprint density at radius 1 is 1.21 bits per heavy atom. The van der Waals surface area contributed by atoms with Crippen molar-refractivity contribution in [3.63, 3.8) is 0 Å². The number of rotatable bonds is 8. The van der Waals surface area contributed by atoms with Gasteiger partial charge in [-0.25, -0.2) is 0 Å². The lowest BCUT2D eigenvalue weighted by Gasteiger charge is -2.35. The molecule has 1 N–H and O–H groups in total. The van der Waals surface area contributed by atoms with Crippen LogP contribution in [-0.2, 0) is 20.7 Å². The van der Waals surface area contributed by atoms with Gasteiger partial charge in [-0.1, -0.05) is 51.2 Å². The van der Waals surface area contributed by atoms with Crippen LogP contribution in [0.4, 0.5) is 0 Å². The molecular formula is C14H26O3Si2. The molecule has 0 aliphatic rings. The predicted octanol–water partition coefficient (Wildman–Crippen LogP) is 1.12. The number of hydrogen-bond donors (Lipinski definition) is 1. The average Bonchev–Trinajstić information content (AvgIpc) is 2.39. The zero-order valence-electron chi connectivity index (χ0n) is 12.5. The van der Waals surface area contributed by atoms with E-state index in [9.17, 15) is 0 Å². The Labute approximate surface area is 121 Å². The minimum Gasteiger partial charge on any atom is -0.400 e. The third-order valence-electron chi connectivity index (χ3n) is 3.30. The second-order valence-electron chi connectivity index (χ2n) is 5.14. The van der Waals surface area contributed by atoms with Crippen LogP contribution in [0.5, 0.6) is 0 Å². The summed E-state index contributed by atoms with van der Waals surface area (Å²) >= 11 is 0. The summed E-state index contributed by atoms with van der Waals surface area (Å²) in [5, 5.41) is 9.05. The van der Waals surface area contributed by atoms with Gasteiger partial charge in [0.15, 0.2) is 19.5 Å². The normalized spacial score (nSPS) is 14.8. The maximum Gasteiger partial charge on any atom is 0.161 e. The van der Waals surface area contributed by atoms with Crippen LogP contribution in [0.15, 0.2) is 24.3 Å². The maximum absolute atomic E-state index is 9.05. The van der Waals surface area contributed by atoms with Gasteiger partial charge in [0.05, 0.1) is 0 Å². The van der Waals surface area contributed by atoms with E-state index in [1.165, 1.54) is 5.56 Å². The molecule has 0 atom stereocenters. The van der Waals surface area contributed by atoms with E-state index in [0.717, 1.165) is 5.56 Å². The first-order valence-corrected chi connectivity index (χ1v) is 11.0. The van der Waals surface area contributed by atoms with E-state index < -0.39 is 19.5 Å². The van der Waals surface area contributed by atoms with Gasteiger partial charge in [0.1, 0.15) is 6.29 Å². The Morgan fingerprint density at radius 2 is 1.84 bits per heavy atom. The van der Waals surface area contributed by atoms with E-state index in [1.54, 1.807) is 0 Å². The van der Waals surface area contributed by atoms with E-state index in [-0.39, 0.29) is 18.3 Å². The van der Waals surface area contributed by atoms with Crippen LogP contribution in [0, 0.1) is 0 Å². The van der Waals surface area contributed by atoms with Gasteiger partial charge in [-0.3, -0.25) is 0 Å². The summed E-state index contributed by atoms with van der Waals surface area (Å²) in [5.74, 6) is 0. The molecule has 0 saturated heterocycles. The molecule has 0 aliphatic heterocycles. The molecule has 0 fully saturated rings. The Balaban J connectivity index is 2.98. The van der Waals surface area contributed by atoms with Gasteiger partial charge in [-0.05, 0) is 17.5 Å². The molecule has 1 aromatic carbocycles. The van der Waals surface area contributed by atoms with Crippen LogP contribution >= 0.6 is 0 Å². The van der Waals surface area contributed by atoms with Crippen molar-refractivity contribution in [3.8, 4) is 0 Å². The van der Waals surface area contributed by atoms with Crippen molar-refractivity contribution in [1.29, 1.82) is 0 Å². The molecule has 3 nitrogen and oxygen atoms in total. The Bertz CT molecular complexity index is 377. The number of aliphatic hydroxyl groups is 1. The highest BCUT2D eigenvalue weighted by atomic mass is 28.2. The van der Waals surface area contributed by atoms with Crippen molar-refractivity contribution in [2.45, 2.75) is 45.1 Å². The molecule has 19 heavy (non-hydrogen) atoms. The molecule has 5 heteroatoms. The zero-order chi connectivity index (χ0) is 14.3. The fourth-order valence-electron chi connectivity index (χ4n) is 2.16. The summed E-state index contributed by atoms with van der Waals surface area (Å²) in [4.78, 5) is 0. The number of benzene rings is 1. The molecular weight excluding hydrogens is 272 g/mol. The van der Waals surface area contributed by atoms with Crippen molar-refractivity contribution in [3.05, 3.63) is 35.4 Å². The first kappa shape index (κ1) is 16.6. The van der Waals surface area contributed by atoms with Crippen LogP contribution in [-0.4, -0.2) is 37.5 Å². The van der Waals surface area contributed by atoms with Gasteiger partial charge < -0.3 is 14.0 Å². The van der Waals surface area contributed by atoms with E-state index in [4.69, 9.17) is 14.0 Å².